The molecule has 0 fully saturated rings. The maximum atomic E-state index is 13.6. The number of amides is 1. The minimum absolute atomic E-state index is 0.0473. The quantitative estimate of drug-likeness (QED) is 0.321. The zero-order valence-electron chi connectivity index (χ0n) is 21.5. The van der Waals surface area contributed by atoms with Gasteiger partial charge in [-0.3, -0.25) is 20.1 Å². The van der Waals surface area contributed by atoms with Crippen LogP contribution in [0.4, 0.5) is 4.39 Å². The summed E-state index contributed by atoms with van der Waals surface area (Å²) in [5, 5.41) is 7.05. The van der Waals surface area contributed by atoms with Crippen molar-refractivity contribution in [3.8, 4) is 11.3 Å². The van der Waals surface area contributed by atoms with Gasteiger partial charge in [0.2, 0.25) is 0 Å². The lowest BCUT2D eigenvalue weighted by Crippen LogP contribution is -2.36. The van der Waals surface area contributed by atoms with Crippen LogP contribution in [0.3, 0.4) is 0 Å². The second kappa shape index (κ2) is 10.0. The molecule has 0 atom stereocenters. The Hall–Kier alpha value is -4.59. The van der Waals surface area contributed by atoms with Crippen LogP contribution in [-0.4, -0.2) is 25.8 Å². The Morgan fingerprint density at radius 1 is 0.947 bits per heavy atom. The van der Waals surface area contributed by atoms with Crippen LogP contribution in [0, 0.1) is 5.82 Å². The minimum Gasteiger partial charge on any atom is -0.270 e. The molecule has 0 saturated heterocycles. The molecule has 8 heteroatoms. The van der Waals surface area contributed by atoms with Crippen molar-refractivity contribution in [1.29, 1.82) is 0 Å². The highest BCUT2D eigenvalue weighted by molar-refractivity contribution is 6.00. The number of hydrogen-bond donors (Lipinski definition) is 2. The lowest BCUT2D eigenvalue weighted by atomic mass is 9.87. The van der Waals surface area contributed by atoms with Crippen molar-refractivity contribution in [1.82, 2.24) is 19.9 Å². The third-order valence-corrected chi connectivity index (χ3v) is 6.48. The van der Waals surface area contributed by atoms with E-state index in [1.165, 1.54) is 16.8 Å². The van der Waals surface area contributed by atoms with Crippen LogP contribution in [0.2, 0.25) is 0 Å². The van der Waals surface area contributed by atoms with Crippen LogP contribution in [0.25, 0.3) is 22.3 Å². The number of aromatic nitrogens is 4. The number of rotatable bonds is 6. The van der Waals surface area contributed by atoms with Gasteiger partial charge in [0.25, 0.3) is 11.5 Å². The second-order valence-electron chi connectivity index (χ2n) is 10.2. The van der Waals surface area contributed by atoms with Crippen molar-refractivity contribution < 1.29 is 9.18 Å². The molecule has 0 spiro atoms. The topological polar surface area (TPSA) is 92.7 Å². The molecule has 0 bridgehead atoms. The fourth-order valence-corrected chi connectivity index (χ4v) is 4.28. The number of nitrogens with zero attached hydrogens (tertiary/aromatic N) is 3. The van der Waals surface area contributed by atoms with E-state index < -0.39 is 11.5 Å². The third kappa shape index (κ3) is 5.11. The number of hydrogen-bond acceptors (Lipinski definition) is 4. The van der Waals surface area contributed by atoms with Crippen molar-refractivity contribution in [2.24, 2.45) is 0 Å². The molecule has 0 unspecified atom stereocenters. The number of aryl methyl sites for hydroxylation is 2. The first-order valence-corrected chi connectivity index (χ1v) is 12.4. The van der Waals surface area contributed by atoms with Crippen LogP contribution in [0.5, 0.6) is 0 Å². The molecule has 2 heterocycles. The number of halogens is 1. The SMILES string of the molecule is CC(C)(C)c1ccc(C(=O)Nn2c(CCc3ccccc3)nc3c(-c4ccc(F)cc4)n[nH]c3c2=O)cc1. The Bertz CT molecular complexity index is 1650. The fourth-order valence-electron chi connectivity index (χ4n) is 4.28. The van der Waals surface area contributed by atoms with E-state index >= 15 is 0 Å². The normalized spacial score (nSPS) is 11.6. The first-order chi connectivity index (χ1) is 18.2. The van der Waals surface area contributed by atoms with E-state index in [2.05, 4.69) is 36.4 Å². The summed E-state index contributed by atoms with van der Waals surface area (Å²) in [5.41, 5.74) is 6.40. The van der Waals surface area contributed by atoms with Crippen LogP contribution in [-0.2, 0) is 18.3 Å². The zero-order valence-corrected chi connectivity index (χ0v) is 21.5. The maximum Gasteiger partial charge on any atom is 0.298 e. The van der Waals surface area contributed by atoms with Gasteiger partial charge in [-0.15, -0.1) is 0 Å². The summed E-state index contributed by atoms with van der Waals surface area (Å²) in [7, 11) is 0. The van der Waals surface area contributed by atoms with Gasteiger partial charge in [-0.2, -0.15) is 5.10 Å². The monoisotopic (exact) mass is 509 g/mol. The number of carbonyl (C=O) groups is 1. The van der Waals surface area contributed by atoms with E-state index in [1.54, 1.807) is 24.3 Å². The molecule has 0 aliphatic heterocycles. The van der Waals surface area contributed by atoms with Gasteiger partial charge < -0.3 is 0 Å². The number of fused-ring (bicyclic) bond motifs is 1. The van der Waals surface area contributed by atoms with Gasteiger partial charge >= 0.3 is 0 Å². The van der Waals surface area contributed by atoms with Crippen molar-refractivity contribution >= 4 is 16.9 Å². The van der Waals surface area contributed by atoms with E-state index in [0.717, 1.165) is 11.1 Å². The van der Waals surface area contributed by atoms with E-state index in [0.29, 0.717) is 41.0 Å². The van der Waals surface area contributed by atoms with Crippen LogP contribution < -0.4 is 11.0 Å². The molecule has 1 amide bonds. The average Bonchev–Trinajstić information content (AvgIpc) is 3.34. The lowest BCUT2D eigenvalue weighted by molar-refractivity contribution is 0.101. The number of nitrogens with one attached hydrogen (secondary N) is 2. The third-order valence-electron chi connectivity index (χ3n) is 6.48. The number of carbonyl (C=O) groups excluding carboxylic acids is 1. The Kier molecular flexibility index (Phi) is 6.63. The van der Waals surface area contributed by atoms with Gasteiger partial charge in [0, 0.05) is 17.5 Å². The molecule has 192 valence electrons. The molecule has 5 aromatic rings. The van der Waals surface area contributed by atoms with Gasteiger partial charge in [0.05, 0.1) is 0 Å². The smallest absolute Gasteiger partial charge is 0.270 e. The van der Waals surface area contributed by atoms with E-state index in [9.17, 15) is 14.0 Å². The molecule has 38 heavy (non-hydrogen) atoms. The largest absolute Gasteiger partial charge is 0.298 e. The molecule has 0 saturated carbocycles. The highest BCUT2D eigenvalue weighted by Gasteiger charge is 2.20. The first-order valence-electron chi connectivity index (χ1n) is 12.4. The maximum absolute atomic E-state index is 13.6. The predicted octanol–water partition coefficient (Wildman–Crippen LogP) is 5.39. The summed E-state index contributed by atoms with van der Waals surface area (Å²) >= 11 is 0. The van der Waals surface area contributed by atoms with Crippen LogP contribution in [0.1, 0.15) is 48.1 Å². The van der Waals surface area contributed by atoms with Crippen LogP contribution in [0.15, 0.2) is 83.7 Å². The molecule has 2 aromatic heterocycles. The molecule has 0 aliphatic carbocycles. The molecule has 0 aliphatic rings. The molecule has 7 nitrogen and oxygen atoms in total. The number of benzene rings is 3. The summed E-state index contributed by atoms with van der Waals surface area (Å²) in [5.74, 6) is -0.408. The molecular weight excluding hydrogens is 481 g/mol. The van der Waals surface area contributed by atoms with Crippen molar-refractivity contribution in [3.63, 3.8) is 0 Å². The molecule has 2 N–H and O–H groups in total. The highest BCUT2D eigenvalue weighted by atomic mass is 19.1. The fraction of sp³-hybridized carbons (Fsp3) is 0.200. The Balaban J connectivity index is 1.55. The first kappa shape index (κ1) is 25.1. The van der Waals surface area contributed by atoms with Gasteiger partial charge in [0.1, 0.15) is 22.9 Å². The second-order valence-corrected chi connectivity index (χ2v) is 10.2. The van der Waals surface area contributed by atoms with E-state index in [4.69, 9.17) is 4.98 Å². The number of H-pyrrole nitrogens is 1. The van der Waals surface area contributed by atoms with E-state index in [-0.39, 0.29) is 16.7 Å². The molecule has 5 rings (SSSR count). The highest BCUT2D eigenvalue weighted by Crippen LogP contribution is 2.24. The average molecular weight is 510 g/mol. The van der Waals surface area contributed by atoms with Crippen molar-refractivity contribution in [3.05, 3.63) is 118 Å². The summed E-state index contributed by atoms with van der Waals surface area (Å²) in [6.45, 7) is 6.31. The Labute approximate surface area is 219 Å². The summed E-state index contributed by atoms with van der Waals surface area (Å²) in [6.07, 6.45) is 1.01. The van der Waals surface area contributed by atoms with Crippen LogP contribution >= 0.6 is 0 Å². The standard InChI is InChI=1S/C30H28FN5O2/c1-30(2,3)22-14-10-21(11-15-22)28(37)35-36-24(18-9-19-7-5-4-6-8-19)32-26-25(33-34-27(26)29(36)38)20-12-16-23(31)17-13-20/h4-8,10-17H,9,18H2,1-3H3,(H,33,34)(H,35,37). The van der Waals surface area contributed by atoms with Gasteiger partial charge in [-0.25, -0.2) is 14.1 Å². The summed E-state index contributed by atoms with van der Waals surface area (Å²) in [4.78, 5) is 31.5. The summed E-state index contributed by atoms with van der Waals surface area (Å²) in [6, 6.07) is 23.0. The van der Waals surface area contributed by atoms with Crippen molar-refractivity contribution in [2.45, 2.75) is 39.0 Å². The molecule has 0 radical (unpaired) electrons. The van der Waals surface area contributed by atoms with Gasteiger partial charge in [0.15, 0.2) is 5.52 Å². The van der Waals surface area contributed by atoms with Gasteiger partial charge in [-0.05, 0) is 59.4 Å². The summed E-state index contributed by atoms with van der Waals surface area (Å²) < 4.78 is 14.7. The van der Waals surface area contributed by atoms with Crippen molar-refractivity contribution in [2.75, 3.05) is 5.43 Å². The number of aromatic amines is 1. The lowest BCUT2D eigenvalue weighted by Gasteiger charge is -2.19. The predicted molar refractivity (Wildman–Crippen MR) is 146 cm³/mol. The molecular formula is C30H28FN5O2. The molecule has 3 aromatic carbocycles. The zero-order chi connectivity index (χ0) is 26.9. The Morgan fingerprint density at radius 3 is 2.29 bits per heavy atom. The Morgan fingerprint density at radius 2 is 1.63 bits per heavy atom. The van der Waals surface area contributed by atoms with Gasteiger partial charge in [-0.1, -0.05) is 63.2 Å². The minimum atomic E-state index is -0.474. The van der Waals surface area contributed by atoms with E-state index in [1.807, 2.05) is 42.5 Å².